The number of aryl methyl sites for hydroxylation is 1. The third-order valence-electron chi connectivity index (χ3n) is 3.87. The lowest BCUT2D eigenvalue weighted by Gasteiger charge is -2.31. The van der Waals surface area contributed by atoms with Gasteiger partial charge in [0.2, 0.25) is 0 Å². The van der Waals surface area contributed by atoms with Gasteiger partial charge in [0, 0.05) is 13.1 Å². The highest BCUT2D eigenvalue weighted by molar-refractivity contribution is 7.13. The zero-order chi connectivity index (χ0) is 15.4. The van der Waals surface area contributed by atoms with E-state index in [1.807, 2.05) is 7.05 Å². The summed E-state index contributed by atoms with van der Waals surface area (Å²) in [5, 5.41) is 12.4. The average Bonchev–Trinajstić information content (AvgIpc) is 2.86. The van der Waals surface area contributed by atoms with Crippen molar-refractivity contribution in [2.24, 2.45) is 0 Å². The van der Waals surface area contributed by atoms with Crippen LogP contribution in [0.25, 0.3) is 0 Å². The van der Waals surface area contributed by atoms with E-state index in [4.69, 9.17) is 5.11 Å². The molecule has 2 amide bonds. The monoisotopic (exact) mass is 311 g/mol. The summed E-state index contributed by atoms with van der Waals surface area (Å²) in [7, 11) is 1.82. The highest BCUT2D eigenvalue weighted by Crippen LogP contribution is 2.22. The fourth-order valence-corrected chi connectivity index (χ4v) is 3.48. The molecule has 0 unspecified atom stereocenters. The van der Waals surface area contributed by atoms with Crippen LogP contribution < -0.4 is 5.32 Å². The van der Waals surface area contributed by atoms with E-state index in [0.29, 0.717) is 16.7 Å². The van der Waals surface area contributed by atoms with Crippen LogP contribution in [0.15, 0.2) is 0 Å². The molecule has 1 aliphatic rings. The van der Waals surface area contributed by atoms with Crippen molar-refractivity contribution in [2.75, 3.05) is 7.05 Å². The lowest BCUT2D eigenvalue weighted by Crippen LogP contribution is -2.44. The Labute approximate surface area is 128 Å². The SMILES string of the molecule is Cc1nc(CNC(=O)N(C)C2CCCCC2)sc1C(=O)O. The third-order valence-corrected chi connectivity index (χ3v) is 5.01. The number of amides is 2. The molecule has 1 aliphatic carbocycles. The second kappa shape index (κ2) is 6.89. The predicted octanol–water partition coefficient (Wildman–Crippen LogP) is 2.62. The number of aromatic nitrogens is 1. The van der Waals surface area contributed by atoms with Crippen LogP contribution in [-0.4, -0.2) is 40.1 Å². The van der Waals surface area contributed by atoms with Gasteiger partial charge in [0.15, 0.2) is 0 Å². The Bertz CT molecular complexity index is 524. The molecule has 1 heterocycles. The molecule has 1 aromatic heterocycles. The second-order valence-corrected chi connectivity index (χ2v) is 6.47. The van der Waals surface area contributed by atoms with Gasteiger partial charge in [-0.15, -0.1) is 11.3 Å². The van der Waals surface area contributed by atoms with Crippen LogP contribution >= 0.6 is 11.3 Å². The van der Waals surface area contributed by atoms with Crippen LogP contribution in [0.5, 0.6) is 0 Å². The first-order valence-electron chi connectivity index (χ1n) is 7.19. The molecule has 0 radical (unpaired) electrons. The van der Waals surface area contributed by atoms with Crippen molar-refractivity contribution in [3.05, 3.63) is 15.6 Å². The van der Waals surface area contributed by atoms with Crippen molar-refractivity contribution in [3.63, 3.8) is 0 Å². The topological polar surface area (TPSA) is 82.5 Å². The Kier molecular flexibility index (Phi) is 5.17. The fraction of sp³-hybridized carbons (Fsp3) is 0.643. The van der Waals surface area contributed by atoms with E-state index < -0.39 is 5.97 Å². The molecule has 2 N–H and O–H groups in total. The van der Waals surface area contributed by atoms with Crippen LogP contribution in [0.3, 0.4) is 0 Å². The summed E-state index contributed by atoms with van der Waals surface area (Å²) in [5.41, 5.74) is 0.498. The Balaban J connectivity index is 1.88. The largest absolute Gasteiger partial charge is 0.477 e. The van der Waals surface area contributed by atoms with Crippen LogP contribution in [0, 0.1) is 6.92 Å². The van der Waals surface area contributed by atoms with Gasteiger partial charge in [0.25, 0.3) is 0 Å². The Morgan fingerprint density at radius 3 is 2.62 bits per heavy atom. The minimum atomic E-state index is -0.970. The molecular weight excluding hydrogens is 290 g/mol. The first-order chi connectivity index (χ1) is 9.99. The van der Waals surface area contributed by atoms with Gasteiger partial charge in [-0.05, 0) is 19.8 Å². The number of carbonyl (C=O) groups excluding carboxylic acids is 1. The molecular formula is C14H21N3O3S. The Hall–Kier alpha value is -1.63. The van der Waals surface area contributed by atoms with Gasteiger partial charge >= 0.3 is 12.0 Å². The summed E-state index contributed by atoms with van der Waals surface area (Å²) >= 11 is 1.11. The van der Waals surface area contributed by atoms with Crippen molar-refractivity contribution in [1.29, 1.82) is 0 Å². The third kappa shape index (κ3) is 3.93. The van der Waals surface area contributed by atoms with Crippen molar-refractivity contribution in [1.82, 2.24) is 15.2 Å². The highest BCUT2D eigenvalue weighted by atomic mass is 32.1. The summed E-state index contributed by atoms with van der Waals surface area (Å²) in [4.78, 5) is 29.3. The van der Waals surface area contributed by atoms with E-state index in [2.05, 4.69) is 10.3 Å². The summed E-state index contributed by atoms with van der Waals surface area (Å²) < 4.78 is 0. The normalized spacial score (nSPS) is 15.7. The van der Waals surface area contributed by atoms with E-state index in [0.717, 1.165) is 24.2 Å². The molecule has 0 atom stereocenters. The zero-order valence-electron chi connectivity index (χ0n) is 12.4. The average molecular weight is 311 g/mol. The van der Waals surface area contributed by atoms with Gasteiger partial charge in [-0.3, -0.25) is 0 Å². The molecule has 1 aromatic rings. The summed E-state index contributed by atoms with van der Waals surface area (Å²) in [6.45, 7) is 1.94. The van der Waals surface area contributed by atoms with Gasteiger partial charge in [-0.1, -0.05) is 19.3 Å². The van der Waals surface area contributed by atoms with Crippen LogP contribution in [-0.2, 0) is 6.54 Å². The lowest BCUT2D eigenvalue weighted by atomic mass is 9.95. The summed E-state index contributed by atoms with van der Waals surface area (Å²) in [6, 6.07) is 0.193. The van der Waals surface area contributed by atoms with Crippen LogP contribution in [0.4, 0.5) is 4.79 Å². The van der Waals surface area contributed by atoms with Gasteiger partial charge in [0.1, 0.15) is 9.88 Å². The minimum absolute atomic E-state index is 0.119. The van der Waals surface area contributed by atoms with E-state index in [1.54, 1.807) is 11.8 Å². The minimum Gasteiger partial charge on any atom is -0.477 e. The van der Waals surface area contributed by atoms with Crippen molar-refractivity contribution in [3.8, 4) is 0 Å². The van der Waals surface area contributed by atoms with Gasteiger partial charge in [0.05, 0.1) is 12.2 Å². The quantitative estimate of drug-likeness (QED) is 0.895. The first kappa shape index (κ1) is 15.8. The van der Waals surface area contributed by atoms with Gasteiger partial charge < -0.3 is 15.3 Å². The molecule has 0 aliphatic heterocycles. The number of carboxylic acids is 1. The molecule has 6 nitrogen and oxygen atoms in total. The first-order valence-corrected chi connectivity index (χ1v) is 8.01. The summed E-state index contributed by atoms with van der Waals surface area (Å²) in [6.07, 6.45) is 5.72. The number of rotatable bonds is 4. The number of urea groups is 1. The number of carboxylic acid groups (broad SMARTS) is 1. The number of nitrogens with zero attached hydrogens (tertiary/aromatic N) is 2. The van der Waals surface area contributed by atoms with Crippen LogP contribution in [0.2, 0.25) is 0 Å². The molecule has 0 spiro atoms. The molecule has 116 valence electrons. The Morgan fingerprint density at radius 1 is 1.38 bits per heavy atom. The standard InChI is InChI=1S/C14H21N3O3S/c1-9-12(13(18)19)21-11(16-9)8-15-14(20)17(2)10-6-4-3-5-7-10/h10H,3-8H2,1-2H3,(H,15,20)(H,18,19). The lowest BCUT2D eigenvalue weighted by molar-refractivity contribution is 0.0701. The highest BCUT2D eigenvalue weighted by Gasteiger charge is 2.22. The fourth-order valence-electron chi connectivity index (χ4n) is 2.64. The van der Waals surface area contributed by atoms with Gasteiger partial charge in [-0.25, -0.2) is 14.6 Å². The number of nitrogens with one attached hydrogen (secondary N) is 1. The molecule has 1 fully saturated rings. The number of hydrogen-bond acceptors (Lipinski definition) is 4. The van der Waals surface area contributed by atoms with Crippen molar-refractivity contribution >= 4 is 23.3 Å². The van der Waals surface area contributed by atoms with Crippen molar-refractivity contribution in [2.45, 2.75) is 51.6 Å². The zero-order valence-corrected chi connectivity index (χ0v) is 13.2. The second-order valence-electron chi connectivity index (χ2n) is 5.39. The maximum Gasteiger partial charge on any atom is 0.347 e. The maximum atomic E-state index is 12.1. The molecule has 0 aromatic carbocycles. The number of aromatic carboxylic acids is 1. The smallest absolute Gasteiger partial charge is 0.347 e. The van der Waals surface area contributed by atoms with E-state index in [1.165, 1.54) is 19.3 Å². The molecule has 21 heavy (non-hydrogen) atoms. The Morgan fingerprint density at radius 2 is 2.05 bits per heavy atom. The maximum absolute atomic E-state index is 12.1. The molecule has 7 heteroatoms. The molecule has 2 rings (SSSR count). The molecule has 1 saturated carbocycles. The van der Waals surface area contributed by atoms with E-state index in [9.17, 15) is 9.59 Å². The predicted molar refractivity (Wildman–Crippen MR) is 80.7 cm³/mol. The number of carbonyl (C=O) groups is 2. The van der Waals surface area contributed by atoms with Crippen LogP contribution in [0.1, 0.15) is 52.5 Å². The van der Waals surface area contributed by atoms with Crippen molar-refractivity contribution < 1.29 is 14.7 Å². The molecule has 0 bridgehead atoms. The summed E-state index contributed by atoms with van der Waals surface area (Å²) in [5.74, 6) is -0.970. The molecule has 0 saturated heterocycles. The number of hydrogen-bond donors (Lipinski definition) is 2. The van der Waals surface area contributed by atoms with E-state index >= 15 is 0 Å². The van der Waals surface area contributed by atoms with Gasteiger partial charge in [-0.2, -0.15) is 0 Å². The number of thiazole rings is 1. The van der Waals surface area contributed by atoms with E-state index in [-0.39, 0.29) is 17.5 Å².